The Hall–Kier alpha value is -1.69. The van der Waals surface area contributed by atoms with Crippen LogP contribution in [0.3, 0.4) is 0 Å². The van der Waals surface area contributed by atoms with E-state index in [9.17, 15) is 0 Å². The highest BCUT2D eigenvalue weighted by Gasteiger charge is 2.05. The van der Waals surface area contributed by atoms with E-state index in [0.29, 0.717) is 11.3 Å². The molecular weight excluding hydrogens is 162 g/mol. The molecule has 3 nitrogen and oxygen atoms in total. The van der Waals surface area contributed by atoms with E-state index in [0.717, 1.165) is 11.3 Å². The number of nitrogens with two attached hydrogens (primary N) is 1. The van der Waals surface area contributed by atoms with Gasteiger partial charge in [0, 0.05) is 25.5 Å². The maximum Gasteiger partial charge on any atom is 0.101 e. The van der Waals surface area contributed by atoms with Crippen molar-refractivity contribution >= 4 is 11.4 Å². The Bertz CT molecular complexity index is 361. The third-order valence-electron chi connectivity index (χ3n) is 1.97. The molecular formula is C10H13N3. The van der Waals surface area contributed by atoms with Crippen molar-refractivity contribution in [3.63, 3.8) is 0 Å². The van der Waals surface area contributed by atoms with Crippen LogP contribution in [0.15, 0.2) is 12.1 Å². The molecule has 68 valence electrons. The molecule has 2 N–H and O–H groups in total. The predicted octanol–water partition coefficient (Wildman–Crippen LogP) is 1.51. The summed E-state index contributed by atoms with van der Waals surface area (Å²) in [6, 6.07) is 5.70. The summed E-state index contributed by atoms with van der Waals surface area (Å²) in [6.45, 7) is 1.98. The molecule has 0 radical (unpaired) electrons. The lowest BCUT2D eigenvalue weighted by atomic mass is 10.1. The number of nitrogens with zero attached hydrogens (tertiary/aromatic N) is 2. The van der Waals surface area contributed by atoms with Crippen LogP contribution in [-0.2, 0) is 0 Å². The Balaban J connectivity index is 3.33. The summed E-state index contributed by atoms with van der Waals surface area (Å²) in [6.07, 6.45) is 0. The fraction of sp³-hybridized carbons (Fsp3) is 0.300. The maximum absolute atomic E-state index is 8.77. The lowest BCUT2D eigenvalue weighted by molar-refractivity contribution is 1.11. The van der Waals surface area contributed by atoms with Crippen LogP contribution in [0.25, 0.3) is 0 Å². The minimum Gasteiger partial charge on any atom is -0.398 e. The van der Waals surface area contributed by atoms with Gasteiger partial charge in [-0.2, -0.15) is 5.26 Å². The number of nitrogen functional groups attached to an aromatic ring is 1. The SMILES string of the molecule is Cc1cc(N)c(C#N)cc1N(C)C. The third-order valence-corrected chi connectivity index (χ3v) is 1.97. The standard InChI is InChI=1S/C10H13N3/c1-7-4-9(12)8(6-11)5-10(7)13(2)3/h4-5H,12H2,1-3H3. The van der Waals surface area contributed by atoms with Crippen LogP contribution in [0.4, 0.5) is 11.4 Å². The molecule has 3 heteroatoms. The maximum atomic E-state index is 8.77. The molecule has 0 saturated carbocycles. The Kier molecular flexibility index (Phi) is 2.43. The van der Waals surface area contributed by atoms with E-state index in [1.807, 2.05) is 38.1 Å². The number of anilines is 2. The topological polar surface area (TPSA) is 53.1 Å². The lowest BCUT2D eigenvalue weighted by Crippen LogP contribution is -2.11. The van der Waals surface area contributed by atoms with Crippen molar-refractivity contribution in [3.05, 3.63) is 23.3 Å². The average molecular weight is 175 g/mol. The molecule has 13 heavy (non-hydrogen) atoms. The van der Waals surface area contributed by atoms with Crippen molar-refractivity contribution < 1.29 is 0 Å². The van der Waals surface area contributed by atoms with Crippen molar-refractivity contribution in [2.45, 2.75) is 6.92 Å². The van der Waals surface area contributed by atoms with Crippen LogP contribution in [0.5, 0.6) is 0 Å². The van der Waals surface area contributed by atoms with Gasteiger partial charge in [0.2, 0.25) is 0 Å². The molecule has 0 unspecified atom stereocenters. The summed E-state index contributed by atoms with van der Waals surface area (Å²) in [5, 5.41) is 8.77. The summed E-state index contributed by atoms with van der Waals surface area (Å²) in [4.78, 5) is 1.97. The zero-order chi connectivity index (χ0) is 10.0. The molecule has 0 aliphatic rings. The lowest BCUT2D eigenvalue weighted by Gasteiger charge is -2.16. The summed E-state index contributed by atoms with van der Waals surface area (Å²) in [5.41, 5.74) is 8.86. The van der Waals surface area contributed by atoms with E-state index >= 15 is 0 Å². The summed E-state index contributed by atoms with van der Waals surface area (Å²) in [7, 11) is 3.89. The summed E-state index contributed by atoms with van der Waals surface area (Å²) < 4.78 is 0. The Morgan fingerprint density at radius 3 is 2.46 bits per heavy atom. The monoisotopic (exact) mass is 175 g/mol. The fourth-order valence-electron chi connectivity index (χ4n) is 1.30. The quantitative estimate of drug-likeness (QED) is 0.658. The first-order valence-electron chi connectivity index (χ1n) is 4.04. The van der Waals surface area contributed by atoms with Gasteiger partial charge in [-0.15, -0.1) is 0 Å². The fourth-order valence-corrected chi connectivity index (χ4v) is 1.30. The van der Waals surface area contributed by atoms with E-state index in [1.165, 1.54) is 0 Å². The largest absolute Gasteiger partial charge is 0.398 e. The molecule has 0 fully saturated rings. The van der Waals surface area contributed by atoms with Gasteiger partial charge >= 0.3 is 0 Å². The normalized spacial score (nSPS) is 9.38. The number of nitriles is 1. The van der Waals surface area contributed by atoms with Crippen LogP contribution in [0, 0.1) is 18.3 Å². The molecule has 0 bridgehead atoms. The van der Waals surface area contributed by atoms with Crippen molar-refractivity contribution in [2.24, 2.45) is 0 Å². The van der Waals surface area contributed by atoms with Gasteiger partial charge in [0.05, 0.1) is 5.56 Å². The molecule has 0 aliphatic carbocycles. The van der Waals surface area contributed by atoms with Gasteiger partial charge in [0.1, 0.15) is 6.07 Å². The highest BCUT2D eigenvalue weighted by Crippen LogP contribution is 2.23. The van der Waals surface area contributed by atoms with E-state index in [4.69, 9.17) is 11.0 Å². The second kappa shape index (κ2) is 3.36. The Labute approximate surface area is 78.4 Å². The number of hydrogen-bond donors (Lipinski definition) is 1. The van der Waals surface area contributed by atoms with Gasteiger partial charge < -0.3 is 10.6 Å². The highest BCUT2D eigenvalue weighted by molar-refractivity contribution is 5.66. The number of rotatable bonds is 1. The molecule has 0 saturated heterocycles. The minimum atomic E-state index is 0.536. The zero-order valence-electron chi connectivity index (χ0n) is 8.13. The molecule has 0 spiro atoms. The second-order valence-electron chi connectivity index (χ2n) is 3.23. The van der Waals surface area contributed by atoms with Gasteiger partial charge in [-0.3, -0.25) is 0 Å². The molecule has 0 heterocycles. The van der Waals surface area contributed by atoms with Crippen molar-refractivity contribution in [1.82, 2.24) is 0 Å². The van der Waals surface area contributed by atoms with Crippen LogP contribution >= 0.6 is 0 Å². The number of hydrogen-bond acceptors (Lipinski definition) is 3. The first kappa shape index (κ1) is 9.40. The smallest absolute Gasteiger partial charge is 0.101 e. The minimum absolute atomic E-state index is 0.536. The highest BCUT2D eigenvalue weighted by atomic mass is 15.1. The molecule has 0 aliphatic heterocycles. The first-order chi connectivity index (χ1) is 6.06. The van der Waals surface area contributed by atoms with Crippen LogP contribution in [-0.4, -0.2) is 14.1 Å². The Morgan fingerprint density at radius 1 is 1.38 bits per heavy atom. The number of aryl methyl sites for hydroxylation is 1. The van der Waals surface area contributed by atoms with E-state index in [-0.39, 0.29) is 0 Å². The van der Waals surface area contributed by atoms with Crippen molar-refractivity contribution in [1.29, 1.82) is 5.26 Å². The summed E-state index contributed by atoms with van der Waals surface area (Å²) in [5.74, 6) is 0. The average Bonchev–Trinajstić information content (AvgIpc) is 2.03. The third kappa shape index (κ3) is 1.73. The van der Waals surface area contributed by atoms with Crippen LogP contribution < -0.4 is 10.6 Å². The van der Waals surface area contributed by atoms with Crippen LogP contribution in [0.2, 0.25) is 0 Å². The van der Waals surface area contributed by atoms with E-state index in [2.05, 4.69) is 6.07 Å². The molecule has 0 atom stereocenters. The van der Waals surface area contributed by atoms with E-state index in [1.54, 1.807) is 0 Å². The summed E-state index contributed by atoms with van der Waals surface area (Å²) >= 11 is 0. The molecule has 1 aromatic carbocycles. The number of benzene rings is 1. The van der Waals surface area contributed by atoms with Gasteiger partial charge in [-0.05, 0) is 24.6 Å². The predicted molar refractivity (Wildman–Crippen MR) is 54.6 cm³/mol. The van der Waals surface area contributed by atoms with Crippen LogP contribution in [0.1, 0.15) is 11.1 Å². The zero-order valence-corrected chi connectivity index (χ0v) is 8.13. The molecule has 0 aromatic heterocycles. The van der Waals surface area contributed by atoms with E-state index < -0.39 is 0 Å². The molecule has 0 amide bonds. The Morgan fingerprint density at radius 2 is 2.00 bits per heavy atom. The van der Waals surface area contributed by atoms with Crippen molar-refractivity contribution in [3.8, 4) is 6.07 Å². The van der Waals surface area contributed by atoms with Gasteiger partial charge in [0.25, 0.3) is 0 Å². The first-order valence-corrected chi connectivity index (χ1v) is 4.04. The van der Waals surface area contributed by atoms with Gasteiger partial charge in [-0.1, -0.05) is 0 Å². The van der Waals surface area contributed by atoms with Gasteiger partial charge in [-0.25, -0.2) is 0 Å². The van der Waals surface area contributed by atoms with Crippen molar-refractivity contribution in [2.75, 3.05) is 24.7 Å². The van der Waals surface area contributed by atoms with Gasteiger partial charge in [0.15, 0.2) is 0 Å². The molecule has 1 aromatic rings. The molecule has 1 rings (SSSR count). The second-order valence-corrected chi connectivity index (χ2v) is 3.23.